The summed E-state index contributed by atoms with van der Waals surface area (Å²) in [6.07, 6.45) is 3.35. The summed E-state index contributed by atoms with van der Waals surface area (Å²) in [4.78, 5) is 9.47. The second-order valence-corrected chi connectivity index (χ2v) is 6.19. The van der Waals surface area contributed by atoms with Gasteiger partial charge in [0.05, 0.1) is 12.6 Å². The Hall–Kier alpha value is -0.810. The average Bonchev–Trinajstić information content (AvgIpc) is 3.14. The highest BCUT2D eigenvalue weighted by molar-refractivity contribution is 5.80. The van der Waals surface area contributed by atoms with E-state index >= 15 is 0 Å². The number of nitrogens with one attached hydrogen (secondary N) is 1. The van der Waals surface area contributed by atoms with Crippen LogP contribution in [0.25, 0.3) is 0 Å². The molecule has 0 amide bonds. The lowest BCUT2D eigenvalue weighted by Gasteiger charge is -2.26. The fraction of sp³-hybridized carbons (Fsp3) is 0.933. The van der Waals surface area contributed by atoms with Gasteiger partial charge < -0.3 is 15.3 Å². The minimum absolute atomic E-state index is 0.197. The minimum atomic E-state index is -0.197. The third kappa shape index (κ3) is 4.35. The van der Waals surface area contributed by atoms with Gasteiger partial charge in [0, 0.05) is 38.3 Å². The van der Waals surface area contributed by atoms with Crippen LogP contribution in [0.1, 0.15) is 40.0 Å². The molecule has 5 nitrogen and oxygen atoms in total. The SMILES string of the molecule is CCNC(=NCCN(C(C)C)C1CC1)N1CC[C@@H](O)C1. The average molecular weight is 282 g/mol. The second-order valence-electron chi connectivity index (χ2n) is 6.19. The van der Waals surface area contributed by atoms with Gasteiger partial charge in [-0.15, -0.1) is 0 Å². The lowest BCUT2D eigenvalue weighted by atomic mass is 10.3. The molecule has 1 saturated heterocycles. The van der Waals surface area contributed by atoms with Crippen LogP contribution in [-0.2, 0) is 0 Å². The van der Waals surface area contributed by atoms with E-state index in [1.54, 1.807) is 0 Å². The van der Waals surface area contributed by atoms with E-state index in [1.165, 1.54) is 12.8 Å². The zero-order valence-electron chi connectivity index (χ0n) is 13.2. The molecule has 2 rings (SSSR count). The van der Waals surface area contributed by atoms with Crippen LogP contribution in [0.3, 0.4) is 0 Å². The van der Waals surface area contributed by atoms with Crippen molar-refractivity contribution in [3.8, 4) is 0 Å². The maximum Gasteiger partial charge on any atom is 0.194 e. The van der Waals surface area contributed by atoms with Crippen LogP contribution in [0.15, 0.2) is 4.99 Å². The fourth-order valence-electron chi connectivity index (χ4n) is 2.90. The molecule has 0 spiro atoms. The van der Waals surface area contributed by atoms with Gasteiger partial charge in [0.1, 0.15) is 0 Å². The van der Waals surface area contributed by atoms with Crippen molar-refractivity contribution in [3.05, 3.63) is 0 Å². The van der Waals surface area contributed by atoms with Crippen LogP contribution in [0, 0.1) is 0 Å². The van der Waals surface area contributed by atoms with Crippen molar-refractivity contribution >= 4 is 5.96 Å². The molecule has 0 bridgehead atoms. The van der Waals surface area contributed by atoms with E-state index in [1.807, 2.05) is 0 Å². The van der Waals surface area contributed by atoms with Crippen LogP contribution in [0.2, 0.25) is 0 Å². The van der Waals surface area contributed by atoms with Crippen LogP contribution in [0.4, 0.5) is 0 Å². The fourth-order valence-corrected chi connectivity index (χ4v) is 2.90. The van der Waals surface area contributed by atoms with Crippen molar-refractivity contribution < 1.29 is 5.11 Å². The Balaban J connectivity index is 1.85. The first-order valence-electron chi connectivity index (χ1n) is 8.09. The Morgan fingerprint density at radius 2 is 2.15 bits per heavy atom. The van der Waals surface area contributed by atoms with Crippen LogP contribution >= 0.6 is 0 Å². The molecule has 5 heteroatoms. The number of rotatable bonds is 6. The summed E-state index contributed by atoms with van der Waals surface area (Å²) in [5.41, 5.74) is 0. The van der Waals surface area contributed by atoms with E-state index in [2.05, 4.69) is 35.9 Å². The van der Waals surface area contributed by atoms with Gasteiger partial charge in [0.2, 0.25) is 0 Å². The van der Waals surface area contributed by atoms with Gasteiger partial charge in [0.25, 0.3) is 0 Å². The van der Waals surface area contributed by atoms with E-state index in [4.69, 9.17) is 4.99 Å². The lowest BCUT2D eigenvalue weighted by molar-refractivity contribution is 0.187. The van der Waals surface area contributed by atoms with Crippen LogP contribution in [-0.4, -0.2) is 71.8 Å². The van der Waals surface area contributed by atoms with Crippen molar-refractivity contribution in [1.82, 2.24) is 15.1 Å². The zero-order valence-corrected chi connectivity index (χ0v) is 13.2. The van der Waals surface area contributed by atoms with E-state index in [0.717, 1.165) is 44.6 Å². The summed E-state index contributed by atoms with van der Waals surface area (Å²) in [5, 5.41) is 13.0. The van der Waals surface area contributed by atoms with Crippen LogP contribution in [0.5, 0.6) is 0 Å². The molecule has 0 aromatic rings. The highest BCUT2D eigenvalue weighted by Crippen LogP contribution is 2.28. The topological polar surface area (TPSA) is 51.1 Å². The molecule has 0 aromatic carbocycles. The molecule has 2 N–H and O–H groups in total. The quantitative estimate of drug-likeness (QED) is 0.561. The third-order valence-corrected chi connectivity index (χ3v) is 4.10. The first kappa shape index (κ1) is 15.6. The Morgan fingerprint density at radius 1 is 1.40 bits per heavy atom. The number of aliphatic hydroxyl groups is 1. The van der Waals surface area contributed by atoms with Gasteiger partial charge in [-0.2, -0.15) is 0 Å². The second kappa shape index (κ2) is 7.27. The predicted octanol–water partition coefficient (Wildman–Crippen LogP) is 0.891. The first-order chi connectivity index (χ1) is 9.61. The molecular weight excluding hydrogens is 252 g/mol. The van der Waals surface area contributed by atoms with E-state index in [-0.39, 0.29) is 6.10 Å². The Bertz CT molecular complexity index is 326. The minimum Gasteiger partial charge on any atom is -0.391 e. The molecule has 0 radical (unpaired) electrons. The molecular formula is C15H30N4O. The summed E-state index contributed by atoms with van der Waals surface area (Å²) in [5.74, 6) is 0.962. The maximum absolute atomic E-state index is 9.65. The summed E-state index contributed by atoms with van der Waals surface area (Å²) < 4.78 is 0. The summed E-state index contributed by atoms with van der Waals surface area (Å²) in [6.45, 7) is 11.0. The Labute approximate surface area is 123 Å². The number of aliphatic hydroxyl groups excluding tert-OH is 1. The molecule has 20 heavy (non-hydrogen) atoms. The monoisotopic (exact) mass is 282 g/mol. The number of hydrogen-bond donors (Lipinski definition) is 2. The summed E-state index contributed by atoms with van der Waals surface area (Å²) in [7, 11) is 0. The van der Waals surface area contributed by atoms with Crippen molar-refractivity contribution in [1.29, 1.82) is 0 Å². The van der Waals surface area contributed by atoms with Gasteiger partial charge in [-0.05, 0) is 40.0 Å². The molecule has 0 unspecified atom stereocenters. The predicted molar refractivity (Wildman–Crippen MR) is 83.0 cm³/mol. The zero-order chi connectivity index (χ0) is 14.5. The molecule has 1 saturated carbocycles. The van der Waals surface area contributed by atoms with Crippen molar-refractivity contribution in [2.45, 2.75) is 58.2 Å². The number of hydrogen-bond acceptors (Lipinski definition) is 3. The van der Waals surface area contributed by atoms with E-state index in [9.17, 15) is 5.11 Å². The summed E-state index contributed by atoms with van der Waals surface area (Å²) in [6, 6.07) is 1.40. The number of likely N-dealkylation sites (tertiary alicyclic amines) is 1. The van der Waals surface area contributed by atoms with Crippen molar-refractivity contribution in [2.24, 2.45) is 4.99 Å². The van der Waals surface area contributed by atoms with E-state index < -0.39 is 0 Å². The molecule has 2 fully saturated rings. The molecule has 1 heterocycles. The Kier molecular flexibility index (Phi) is 5.66. The highest BCUT2D eigenvalue weighted by Gasteiger charge is 2.30. The van der Waals surface area contributed by atoms with Crippen LogP contribution < -0.4 is 5.32 Å². The van der Waals surface area contributed by atoms with E-state index in [0.29, 0.717) is 12.6 Å². The maximum atomic E-state index is 9.65. The molecule has 0 aromatic heterocycles. The van der Waals surface area contributed by atoms with Gasteiger partial charge in [-0.25, -0.2) is 0 Å². The lowest BCUT2D eigenvalue weighted by Crippen LogP contribution is -2.41. The van der Waals surface area contributed by atoms with Gasteiger partial charge in [0.15, 0.2) is 5.96 Å². The Morgan fingerprint density at radius 3 is 2.65 bits per heavy atom. The van der Waals surface area contributed by atoms with Crippen molar-refractivity contribution in [3.63, 3.8) is 0 Å². The third-order valence-electron chi connectivity index (χ3n) is 4.10. The number of aliphatic imine (C=N–C) groups is 1. The normalized spacial score (nSPS) is 24.0. The number of nitrogens with zero attached hydrogens (tertiary/aromatic N) is 3. The molecule has 1 aliphatic carbocycles. The molecule has 2 aliphatic rings. The summed E-state index contributed by atoms with van der Waals surface area (Å²) >= 11 is 0. The molecule has 1 aliphatic heterocycles. The van der Waals surface area contributed by atoms with Gasteiger partial charge >= 0.3 is 0 Å². The number of β-amino-alcohol motifs (C(OH)–C–C–N with tert-alkyl or cyclic N) is 1. The first-order valence-corrected chi connectivity index (χ1v) is 8.09. The number of guanidine groups is 1. The molecule has 116 valence electrons. The van der Waals surface area contributed by atoms with Crippen molar-refractivity contribution in [2.75, 3.05) is 32.7 Å². The molecule has 1 atom stereocenters. The smallest absolute Gasteiger partial charge is 0.194 e. The van der Waals surface area contributed by atoms with Gasteiger partial charge in [-0.1, -0.05) is 0 Å². The highest BCUT2D eigenvalue weighted by atomic mass is 16.3. The van der Waals surface area contributed by atoms with Gasteiger partial charge in [-0.3, -0.25) is 9.89 Å². The standard InChI is InChI=1S/C15H30N4O/c1-4-16-15(18-9-7-14(20)11-18)17-8-10-19(12(2)3)13-5-6-13/h12-14,20H,4-11H2,1-3H3,(H,16,17)/t14-/m1/s1. The largest absolute Gasteiger partial charge is 0.391 e.